The lowest BCUT2D eigenvalue weighted by atomic mass is 10.1. The van der Waals surface area contributed by atoms with Crippen molar-refractivity contribution in [2.75, 3.05) is 6.54 Å². The van der Waals surface area contributed by atoms with Gasteiger partial charge in [-0.25, -0.2) is 0 Å². The van der Waals surface area contributed by atoms with Crippen molar-refractivity contribution in [3.63, 3.8) is 0 Å². The van der Waals surface area contributed by atoms with E-state index in [2.05, 4.69) is 15.5 Å². The van der Waals surface area contributed by atoms with Crippen LogP contribution in [0, 0.1) is 6.92 Å². The second-order valence-corrected chi connectivity index (χ2v) is 4.91. The summed E-state index contributed by atoms with van der Waals surface area (Å²) in [6.45, 7) is 2.20. The second-order valence-electron chi connectivity index (χ2n) is 4.91. The summed E-state index contributed by atoms with van der Waals surface area (Å²) in [6, 6.07) is 9.53. The minimum absolute atomic E-state index is 0.0161. The van der Waals surface area contributed by atoms with E-state index in [1.807, 2.05) is 30.3 Å². The van der Waals surface area contributed by atoms with Crippen molar-refractivity contribution in [1.29, 1.82) is 0 Å². The number of benzene rings is 1. The molecule has 1 amide bonds. The van der Waals surface area contributed by atoms with Crippen molar-refractivity contribution < 1.29 is 9.32 Å². The topological polar surface area (TPSA) is 94.0 Å². The zero-order chi connectivity index (χ0) is 15.1. The molecule has 1 atom stereocenters. The SMILES string of the molecule is Cc1noc(CCCC(=O)NCC(N)c2ccccc2)n1. The minimum atomic E-state index is -0.186. The molecule has 21 heavy (non-hydrogen) atoms. The Labute approximate surface area is 123 Å². The van der Waals surface area contributed by atoms with Crippen LogP contribution >= 0.6 is 0 Å². The number of hydrogen-bond acceptors (Lipinski definition) is 5. The van der Waals surface area contributed by atoms with Gasteiger partial charge in [0.1, 0.15) is 0 Å². The third-order valence-electron chi connectivity index (χ3n) is 3.11. The van der Waals surface area contributed by atoms with Crippen molar-refractivity contribution in [2.24, 2.45) is 5.73 Å². The van der Waals surface area contributed by atoms with Crippen LogP contribution in [0.4, 0.5) is 0 Å². The van der Waals surface area contributed by atoms with Gasteiger partial charge in [-0.1, -0.05) is 35.5 Å². The standard InChI is InChI=1S/C15H20N4O2/c1-11-18-15(21-19-11)9-5-8-14(20)17-10-13(16)12-6-3-2-4-7-12/h2-4,6-7,13H,5,8-10,16H2,1H3,(H,17,20). The van der Waals surface area contributed by atoms with Gasteiger partial charge in [0.15, 0.2) is 5.82 Å². The van der Waals surface area contributed by atoms with Crippen LogP contribution in [-0.4, -0.2) is 22.6 Å². The van der Waals surface area contributed by atoms with Gasteiger partial charge in [0.05, 0.1) is 0 Å². The Balaban J connectivity index is 1.65. The maximum atomic E-state index is 11.7. The van der Waals surface area contributed by atoms with Crippen molar-refractivity contribution >= 4 is 5.91 Å². The molecule has 6 nitrogen and oxygen atoms in total. The first-order valence-electron chi connectivity index (χ1n) is 7.01. The molecule has 0 spiro atoms. The number of carbonyl (C=O) groups excluding carboxylic acids is 1. The van der Waals surface area contributed by atoms with E-state index in [1.165, 1.54) is 0 Å². The third kappa shape index (κ3) is 5.00. The van der Waals surface area contributed by atoms with E-state index in [9.17, 15) is 4.79 Å². The van der Waals surface area contributed by atoms with Crippen LogP contribution in [-0.2, 0) is 11.2 Å². The number of amides is 1. The lowest BCUT2D eigenvalue weighted by Crippen LogP contribution is -2.31. The number of aryl methyl sites for hydroxylation is 2. The number of nitrogens with one attached hydrogen (secondary N) is 1. The molecule has 6 heteroatoms. The van der Waals surface area contributed by atoms with E-state index < -0.39 is 0 Å². The van der Waals surface area contributed by atoms with Gasteiger partial charge in [-0.05, 0) is 18.9 Å². The van der Waals surface area contributed by atoms with E-state index in [0.29, 0.717) is 37.5 Å². The first kappa shape index (κ1) is 15.2. The maximum absolute atomic E-state index is 11.7. The molecule has 1 heterocycles. The van der Waals surface area contributed by atoms with Gasteiger partial charge in [-0.3, -0.25) is 4.79 Å². The highest BCUT2D eigenvalue weighted by Crippen LogP contribution is 2.08. The fourth-order valence-corrected chi connectivity index (χ4v) is 1.97. The summed E-state index contributed by atoms with van der Waals surface area (Å²) in [5.74, 6) is 1.17. The summed E-state index contributed by atoms with van der Waals surface area (Å²) in [5.41, 5.74) is 7.03. The molecule has 0 fully saturated rings. The molecular weight excluding hydrogens is 268 g/mol. The van der Waals surface area contributed by atoms with Gasteiger partial charge in [-0.15, -0.1) is 0 Å². The third-order valence-corrected chi connectivity index (χ3v) is 3.11. The Kier molecular flexibility index (Phi) is 5.45. The smallest absolute Gasteiger partial charge is 0.226 e. The van der Waals surface area contributed by atoms with Gasteiger partial charge in [0.25, 0.3) is 0 Å². The lowest BCUT2D eigenvalue weighted by Gasteiger charge is -2.12. The molecule has 0 aliphatic rings. The first-order valence-corrected chi connectivity index (χ1v) is 7.01. The number of nitrogens with two attached hydrogens (primary N) is 1. The highest BCUT2D eigenvalue weighted by atomic mass is 16.5. The van der Waals surface area contributed by atoms with Crippen LogP contribution in [0.25, 0.3) is 0 Å². The number of carbonyl (C=O) groups is 1. The van der Waals surface area contributed by atoms with Crippen LogP contribution < -0.4 is 11.1 Å². The summed E-state index contributed by atoms with van der Waals surface area (Å²) in [6.07, 6.45) is 1.70. The quantitative estimate of drug-likeness (QED) is 0.805. The molecule has 1 aromatic carbocycles. The molecule has 2 rings (SSSR count). The summed E-state index contributed by atoms with van der Waals surface area (Å²) < 4.78 is 4.99. The number of aromatic nitrogens is 2. The second kappa shape index (κ2) is 7.54. The molecule has 0 saturated heterocycles. The predicted octanol–water partition coefficient (Wildman–Crippen LogP) is 1.52. The molecule has 112 valence electrons. The van der Waals surface area contributed by atoms with Crippen molar-refractivity contribution in [1.82, 2.24) is 15.5 Å². The highest BCUT2D eigenvalue weighted by molar-refractivity contribution is 5.75. The summed E-state index contributed by atoms with van der Waals surface area (Å²) in [7, 11) is 0. The van der Waals surface area contributed by atoms with Crippen LogP contribution in [0.2, 0.25) is 0 Å². The molecule has 0 bridgehead atoms. The zero-order valence-electron chi connectivity index (χ0n) is 12.1. The van der Waals surface area contributed by atoms with Crippen LogP contribution in [0.5, 0.6) is 0 Å². The van der Waals surface area contributed by atoms with E-state index in [0.717, 1.165) is 5.56 Å². The molecule has 0 saturated carbocycles. The summed E-state index contributed by atoms with van der Waals surface area (Å²) in [4.78, 5) is 15.8. The van der Waals surface area contributed by atoms with Gasteiger partial charge >= 0.3 is 0 Å². The monoisotopic (exact) mass is 288 g/mol. The number of rotatable bonds is 7. The van der Waals surface area contributed by atoms with E-state index >= 15 is 0 Å². The van der Waals surface area contributed by atoms with Gasteiger partial charge in [0.2, 0.25) is 11.8 Å². The number of hydrogen-bond donors (Lipinski definition) is 2. The van der Waals surface area contributed by atoms with Crippen molar-refractivity contribution in [3.8, 4) is 0 Å². The zero-order valence-corrected chi connectivity index (χ0v) is 12.1. The largest absolute Gasteiger partial charge is 0.354 e. The molecule has 0 aliphatic carbocycles. The molecule has 1 unspecified atom stereocenters. The van der Waals surface area contributed by atoms with Crippen molar-refractivity contribution in [2.45, 2.75) is 32.2 Å². The molecule has 0 radical (unpaired) electrons. The molecule has 2 aromatic rings. The van der Waals surface area contributed by atoms with Crippen LogP contribution in [0.15, 0.2) is 34.9 Å². The number of nitrogens with zero attached hydrogens (tertiary/aromatic N) is 2. The van der Waals surface area contributed by atoms with E-state index in [4.69, 9.17) is 10.3 Å². The fourth-order valence-electron chi connectivity index (χ4n) is 1.97. The summed E-state index contributed by atoms with van der Waals surface area (Å²) >= 11 is 0. The average molecular weight is 288 g/mol. The lowest BCUT2D eigenvalue weighted by molar-refractivity contribution is -0.121. The fraction of sp³-hybridized carbons (Fsp3) is 0.400. The normalized spacial score (nSPS) is 12.1. The molecule has 3 N–H and O–H groups in total. The molecule has 1 aromatic heterocycles. The predicted molar refractivity (Wildman–Crippen MR) is 78.4 cm³/mol. The highest BCUT2D eigenvalue weighted by Gasteiger charge is 2.09. The van der Waals surface area contributed by atoms with Gasteiger partial charge < -0.3 is 15.6 Å². The average Bonchev–Trinajstić information content (AvgIpc) is 2.91. The Bertz CT molecular complexity index is 568. The Morgan fingerprint density at radius 2 is 2.14 bits per heavy atom. The minimum Gasteiger partial charge on any atom is -0.354 e. The van der Waals surface area contributed by atoms with Crippen LogP contribution in [0.3, 0.4) is 0 Å². The Hall–Kier alpha value is -2.21. The van der Waals surface area contributed by atoms with Crippen LogP contribution in [0.1, 0.15) is 36.2 Å². The van der Waals surface area contributed by atoms with Gasteiger partial charge in [-0.2, -0.15) is 4.98 Å². The van der Waals surface area contributed by atoms with Gasteiger partial charge in [0, 0.05) is 25.4 Å². The first-order chi connectivity index (χ1) is 10.1. The van der Waals surface area contributed by atoms with E-state index in [-0.39, 0.29) is 11.9 Å². The Morgan fingerprint density at radius 3 is 2.81 bits per heavy atom. The Morgan fingerprint density at radius 1 is 1.38 bits per heavy atom. The van der Waals surface area contributed by atoms with E-state index in [1.54, 1.807) is 6.92 Å². The maximum Gasteiger partial charge on any atom is 0.226 e. The molecule has 0 aliphatic heterocycles. The molecular formula is C15H20N4O2. The van der Waals surface area contributed by atoms with Crippen molar-refractivity contribution in [3.05, 3.63) is 47.6 Å². The summed E-state index contributed by atoms with van der Waals surface area (Å²) in [5, 5.41) is 6.55.